The lowest BCUT2D eigenvalue weighted by molar-refractivity contribution is 0.498. The highest BCUT2D eigenvalue weighted by Gasteiger charge is 2.59. The van der Waals surface area contributed by atoms with Gasteiger partial charge in [-0.3, -0.25) is 0 Å². The van der Waals surface area contributed by atoms with E-state index in [1.54, 1.807) is 0 Å². The quantitative estimate of drug-likeness (QED) is 0.311. The summed E-state index contributed by atoms with van der Waals surface area (Å²) >= 11 is 0. The van der Waals surface area contributed by atoms with E-state index in [-0.39, 0.29) is 5.54 Å². The molecule has 3 aliphatic rings. The van der Waals surface area contributed by atoms with Crippen molar-refractivity contribution in [2.24, 2.45) is 5.92 Å². The molecule has 2 nitrogen and oxygen atoms in total. The van der Waals surface area contributed by atoms with E-state index in [0.29, 0.717) is 5.92 Å². The van der Waals surface area contributed by atoms with Gasteiger partial charge in [0.05, 0.1) is 0 Å². The third kappa shape index (κ3) is 4.33. The van der Waals surface area contributed by atoms with Crippen molar-refractivity contribution in [2.75, 3.05) is 9.57 Å². The highest BCUT2D eigenvalue weighted by atomic mass is 31.0. The zero-order chi connectivity index (χ0) is 25.7. The predicted molar refractivity (Wildman–Crippen MR) is 167 cm³/mol. The topological polar surface area (TPSA) is 6.48 Å². The number of hydrogen-bond donors (Lipinski definition) is 0. The molecule has 2 fully saturated rings. The van der Waals surface area contributed by atoms with Crippen LogP contribution in [0, 0.1) is 12.8 Å². The van der Waals surface area contributed by atoms with Crippen LogP contribution in [0.5, 0.6) is 0 Å². The number of fused-ring (bicyclic) bond motifs is 3. The molecule has 6 rings (SSSR count). The summed E-state index contributed by atoms with van der Waals surface area (Å²) in [5.74, 6) is 1.18. The lowest BCUT2D eigenvalue weighted by atomic mass is 9.83. The molecule has 0 spiro atoms. The third-order valence-electron chi connectivity index (χ3n) is 9.56. The van der Waals surface area contributed by atoms with Crippen molar-refractivity contribution >= 4 is 41.4 Å². The molecule has 0 bridgehead atoms. The fourth-order valence-corrected chi connectivity index (χ4v) is 8.27. The largest absolute Gasteiger partial charge is 0.334 e. The lowest BCUT2D eigenvalue weighted by Crippen LogP contribution is -2.39. The Morgan fingerprint density at radius 2 is 1.70 bits per heavy atom. The predicted octanol–water partition coefficient (Wildman–Crippen LogP) is 9.45. The highest BCUT2D eigenvalue weighted by molar-refractivity contribution is 7.20. The van der Waals surface area contributed by atoms with Crippen molar-refractivity contribution in [1.82, 2.24) is 0 Å². The van der Waals surface area contributed by atoms with E-state index in [2.05, 4.69) is 110 Å². The molecule has 2 aliphatic carbocycles. The fraction of sp³-hybridized carbons (Fsp3) is 0.455. The summed E-state index contributed by atoms with van der Waals surface area (Å²) in [5.41, 5.74) is 12.3. The van der Waals surface area contributed by atoms with E-state index in [0.717, 1.165) is 18.0 Å². The van der Waals surface area contributed by atoms with Crippen LogP contribution in [-0.2, 0) is 6.42 Å². The van der Waals surface area contributed by atoms with Crippen molar-refractivity contribution in [3.63, 3.8) is 0 Å². The van der Waals surface area contributed by atoms with E-state index >= 15 is 0 Å². The molecule has 3 aromatic carbocycles. The molecular weight excluding hydrogens is 486 g/mol. The third-order valence-corrected chi connectivity index (χ3v) is 10.8. The van der Waals surface area contributed by atoms with Crippen LogP contribution in [0.25, 0.3) is 0 Å². The Hall–Kier alpha value is -1.88. The molecule has 2 saturated carbocycles. The molecule has 6 atom stereocenters. The van der Waals surface area contributed by atoms with E-state index in [1.165, 1.54) is 89.9 Å². The fourth-order valence-electron chi connectivity index (χ4n) is 7.31. The first kappa shape index (κ1) is 25.4. The molecular formula is C33H42N2P2. The minimum absolute atomic E-state index is 0.281. The van der Waals surface area contributed by atoms with Gasteiger partial charge in [0.25, 0.3) is 0 Å². The van der Waals surface area contributed by atoms with Gasteiger partial charge >= 0.3 is 0 Å². The number of aryl methyl sites for hydroxylation is 2. The van der Waals surface area contributed by atoms with Crippen molar-refractivity contribution in [1.29, 1.82) is 0 Å². The summed E-state index contributed by atoms with van der Waals surface area (Å²) in [5, 5.41) is 0. The first-order chi connectivity index (χ1) is 17.9. The Morgan fingerprint density at radius 3 is 2.51 bits per heavy atom. The van der Waals surface area contributed by atoms with Gasteiger partial charge in [0.2, 0.25) is 0 Å². The zero-order valence-electron chi connectivity index (χ0n) is 22.7. The molecule has 0 radical (unpaired) electrons. The summed E-state index contributed by atoms with van der Waals surface area (Å²) in [6, 6.07) is 23.1. The minimum atomic E-state index is 0.281. The molecule has 37 heavy (non-hydrogen) atoms. The first-order valence-corrected chi connectivity index (χ1v) is 15.5. The second kappa shape index (κ2) is 10.0. The van der Waals surface area contributed by atoms with Crippen LogP contribution in [0.4, 0.5) is 22.7 Å². The molecule has 3 aromatic rings. The maximum atomic E-state index is 3.14. The maximum absolute atomic E-state index is 3.14. The molecule has 4 heteroatoms. The molecule has 0 amide bonds. The second-order valence-electron chi connectivity index (χ2n) is 11.8. The Kier molecular flexibility index (Phi) is 6.88. The van der Waals surface area contributed by atoms with Crippen molar-refractivity contribution in [3.8, 4) is 0 Å². The molecule has 0 aromatic heterocycles. The number of benzene rings is 3. The van der Waals surface area contributed by atoms with Gasteiger partial charge in [-0.1, -0.05) is 63.1 Å². The van der Waals surface area contributed by atoms with Crippen LogP contribution in [0.15, 0.2) is 60.7 Å². The highest BCUT2D eigenvalue weighted by Crippen LogP contribution is 2.62. The number of para-hydroxylation sites is 2. The summed E-state index contributed by atoms with van der Waals surface area (Å²) < 4.78 is 2.34. The standard InChI is InChI=1S/C33H42N2P2/c1-4-24-19-32-28(20-31(24)35(37)29-14-7-5-11-22(29)2)23(3)27-13-6-8-15-30(27)34(32)33-18-10-9-12-26(36)17-16-25(33)21-33/h5-8,11,13-15,19-20,23,25-26H,4,9-10,12,16-18,21,36-37H2,1-3H3. The van der Waals surface area contributed by atoms with Gasteiger partial charge in [0, 0.05) is 34.2 Å². The smallest absolute Gasteiger partial charge is 0.0484 e. The first-order valence-electron chi connectivity index (χ1n) is 14.4. The van der Waals surface area contributed by atoms with Gasteiger partial charge in [0.15, 0.2) is 0 Å². The zero-order valence-corrected chi connectivity index (χ0v) is 25.0. The monoisotopic (exact) mass is 528 g/mol. The Balaban J connectivity index is 1.50. The molecule has 1 heterocycles. The van der Waals surface area contributed by atoms with Crippen LogP contribution < -0.4 is 9.57 Å². The average molecular weight is 529 g/mol. The van der Waals surface area contributed by atoms with Crippen LogP contribution in [0.3, 0.4) is 0 Å². The van der Waals surface area contributed by atoms with E-state index in [9.17, 15) is 0 Å². The van der Waals surface area contributed by atoms with Gasteiger partial charge in [-0.05, 0) is 113 Å². The SMILES string of the molecule is CCc1cc2c(cc1N(P)c1ccccc1C)C(C)c1ccccc1N2C12CCCCC(P)CCC1C2. The van der Waals surface area contributed by atoms with Gasteiger partial charge in [-0.25, -0.2) is 0 Å². The van der Waals surface area contributed by atoms with E-state index < -0.39 is 0 Å². The van der Waals surface area contributed by atoms with Crippen LogP contribution in [-0.4, -0.2) is 11.2 Å². The normalized spacial score (nSPS) is 26.7. The number of anilines is 4. The molecule has 194 valence electrons. The molecule has 1 aliphatic heterocycles. The maximum Gasteiger partial charge on any atom is 0.0484 e. The van der Waals surface area contributed by atoms with Gasteiger partial charge in [0.1, 0.15) is 0 Å². The van der Waals surface area contributed by atoms with Gasteiger partial charge in [-0.2, -0.15) is 0 Å². The summed E-state index contributed by atoms with van der Waals surface area (Å²) in [6.07, 6.45) is 10.5. The van der Waals surface area contributed by atoms with Crippen LogP contribution in [0.2, 0.25) is 0 Å². The molecule has 0 N–H and O–H groups in total. The van der Waals surface area contributed by atoms with Crippen LogP contribution >= 0.6 is 18.6 Å². The Bertz CT molecular complexity index is 1300. The Labute approximate surface area is 228 Å². The summed E-state index contributed by atoms with van der Waals surface area (Å²) in [7, 11) is 6.15. The lowest BCUT2D eigenvalue weighted by Gasteiger charge is -2.44. The summed E-state index contributed by atoms with van der Waals surface area (Å²) in [4.78, 5) is 2.84. The second-order valence-corrected chi connectivity index (χ2v) is 13.2. The van der Waals surface area contributed by atoms with Crippen molar-refractivity contribution in [3.05, 3.63) is 82.9 Å². The molecule has 0 saturated heterocycles. The minimum Gasteiger partial charge on any atom is -0.334 e. The number of rotatable bonds is 4. The van der Waals surface area contributed by atoms with Crippen LogP contribution in [0.1, 0.15) is 87.0 Å². The van der Waals surface area contributed by atoms with E-state index in [4.69, 9.17) is 0 Å². The number of nitrogens with zero attached hydrogens (tertiary/aromatic N) is 2. The molecule has 6 unspecified atom stereocenters. The van der Waals surface area contributed by atoms with Crippen molar-refractivity contribution < 1.29 is 0 Å². The summed E-state index contributed by atoms with van der Waals surface area (Å²) in [6.45, 7) is 6.93. The number of hydrogen-bond acceptors (Lipinski definition) is 2. The van der Waals surface area contributed by atoms with Crippen molar-refractivity contribution in [2.45, 2.75) is 89.3 Å². The Morgan fingerprint density at radius 1 is 0.919 bits per heavy atom. The van der Waals surface area contributed by atoms with E-state index in [1.807, 2.05) is 0 Å². The van der Waals surface area contributed by atoms with Gasteiger partial charge in [-0.15, -0.1) is 9.24 Å². The van der Waals surface area contributed by atoms with Gasteiger partial charge < -0.3 is 9.57 Å². The average Bonchev–Trinajstić information content (AvgIpc) is 3.61.